The normalized spacial score (nSPS) is 13.6. The fourth-order valence-electron chi connectivity index (χ4n) is 2.74. The Balaban J connectivity index is 1.32. The second kappa shape index (κ2) is 7.61. The highest BCUT2D eigenvalue weighted by atomic mass is 32.2. The van der Waals surface area contributed by atoms with Crippen LogP contribution in [0, 0.1) is 0 Å². The molecule has 0 bridgehead atoms. The molecule has 6 nitrogen and oxygen atoms in total. The zero-order chi connectivity index (χ0) is 17.8. The van der Waals surface area contributed by atoms with Gasteiger partial charge in [0, 0.05) is 24.3 Å². The Labute approximate surface area is 155 Å². The molecule has 3 N–H and O–H groups in total. The summed E-state index contributed by atoms with van der Waals surface area (Å²) in [5, 5.41) is 0.898. The van der Waals surface area contributed by atoms with Crippen molar-refractivity contribution in [1.29, 1.82) is 0 Å². The maximum absolute atomic E-state index is 12.1. The minimum atomic E-state index is -0.156. The Morgan fingerprint density at radius 3 is 2.77 bits per heavy atom. The van der Waals surface area contributed by atoms with E-state index in [9.17, 15) is 4.79 Å². The molecule has 0 fully saturated rings. The van der Waals surface area contributed by atoms with Crippen LogP contribution in [-0.2, 0) is 5.75 Å². The van der Waals surface area contributed by atoms with Gasteiger partial charge in [0.1, 0.15) is 5.84 Å². The topological polar surface area (TPSA) is 82.2 Å². The zero-order valence-electron chi connectivity index (χ0n) is 14.2. The number of imidazole rings is 1. The summed E-state index contributed by atoms with van der Waals surface area (Å²) in [7, 11) is 0. The Bertz CT molecular complexity index is 915. The van der Waals surface area contributed by atoms with E-state index in [0.717, 1.165) is 52.7 Å². The van der Waals surface area contributed by atoms with Crippen LogP contribution in [0.5, 0.6) is 0 Å². The van der Waals surface area contributed by atoms with Gasteiger partial charge in [0.05, 0.1) is 11.0 Å². The van der Waals surface area contributed by atoms with E-state index < -0.39 is 0 Å². The number of hydrogen-bond donors (Lipinski definition) is 3. The molecule has 1 aromatic heterocycles. The maximum Gasteiger partial charge on any atom is 0.269 e. The van der Waals surface area contributed by atoms with Crippen LogP contribution in [0.25, 0.3) is 11.0 Å². The van der Waals surface area contributed by atoms with Crippen LogP contribution in [0.3, 0.4) is 0 Å². The summed E-state index contributed by atoms with van der Waals surface area (Å²) in [6.45, 7) is 0.829. The number of fused-ring (bicyclic) bond motifs is 1. The number of para-hydroxylation sites is 2. The molecule has 1 amide bonds. The number of nitrogens with zero attached hydrogens (tertiary/aromatic N) is 2. The third-order valence-corrected chi connectivity index (χ3v) is 5.10. The molecule has 26 heavy (non-hydrogen) atoms. The van der Waals surface area contributed by atoms with Crippen molar-refractivity contribution in [3.05, 3.63) is 59.7 Å². The predicted molar refractivity (Wildman–Crippen MR) is 104 cm³/mol. The first-order valence-corrected chi connectivity index (χ1v) is 9.53. The van der Waals surface area contributed by atoms with E-state index in [4.69, 9.17) is 0 Å². The number of rotatable bonds is 4. The van der Waals surface area contributed by atoms with Crippen molar-refractivity contribution in [2.45, 2.75) is 23.8 Å². The largest absolute Gasteiger partial charge is 0.333 e. The van der Waals surface area contributed by atoms with Crippen molar-refractivity contribution in [3.8, 4) is 0 Å². The lowest BCUT2D eigenvalue weighted by atomic mass is 10.1. The van der Waals surface area contributed by atoms with Gasteiger partial charge in [0.15, 0.2) is 5.16 Å². The molecule has 2 heterocycles. The molecule has 0 spiro atoms. The first-order valence-electron chi connectivity index (χ1n) is 8.54. The van der Waals surface area contributed by atoms with Gasteiger partial charge in [-0.2, -0.15) is 0 Å². The molecule has 1 aliphatic heterocycles. The molecule has 4 rings (SSSR count). The quantitative estimate of drug-likeness (QED) is 0.489. The van der Waals surface area contributed by atoms with Crippen molar-refractivity contribution >= 4 is 34.5 Å². The van der Waals surface area contributed by atoms with Gasteiger partial charge in [-0.25, -0.2) is 4.98 Å². The molecule has 0 radical (unpaired) electrons. The summed E-state index contributed by atoms with van der Waals surface area (Å²) in [5.41, 5.74) is 9.36. The monoisotopic (exact) mass is 365 g/mol. The standard InChI is InChI=1S/C19H19N5OS/c25-18(24-23-17-6-3-11-20-17)14-9-7-13(8-10-14)12-26-19-21-15-4-1-2-5-16(15)22-19/h1-2,4-5,7-10H,3,6,11-12H2,(H,20,23)(H,21,22)(H,24,25). The van der Waals surface area contributed by atoms with Crippen molar-refractivity contribution in [1.82, 2.24) is 20.8 Å². The van der Waals surface area contributed by atoms with Gasteiger partial charge in [-0.05, 0) is 36.2 Å². The highest BCUT2D eigenvalue weighted by molar-refractivity contribution is 7.98. The molecule has 0 aliphatic carbocycles. The van der Waals surface area contributed by atoms with E-state index in [1.807, 2.05) is 48.5 Å². The number of amidine groups is 1. The van der Waals surface area contributed by atoms with Crippen LogP contribution in [0.2, 0.25) is 0 Å². The van der Waals surface area contributed by atoms with Crippen LogP contribution < -0.4 is 10.9 Å². The molecule has 7 heteroatoms. The predicted octanol–water partition coefficient (Wildman–Crippen LogP) is 3.28. The number of hydrazine groups is 1. The van der Waals surface area contributed by atoms with Gasteiger partial charge in [-0.3, -0.25) is 20.6 Å². The summed E-state index contributed by atoms with van der Waals surface area (Å²) >= 11 is 1.65. The van der Waals surface area contributed by atoms with E-state index in [2.05, 4.69) is 25.8 Å². The number of aromatic nitrogens is 2. The number of hydrogen-bond acceptors (Lipinski definition) is 5. The van der Waals surface area contributed by atoms with Crippen LogP contribution in [0.4, 0.5) is 0 Å². The van der Waals surface area contributed by atoms with Gasteiger partial charge in [0.25, 0.3) is 5.91 Å². The lowest BCUT2D eigenvalue weighted by Gasteiger charge is -2.08. The van der Waals surface area contributed by atoms with Crippen LogP contribution >= 0.6 is 11.8 Å². The number of carbonyl (C=O) groups is 1. The highest BCUT2D eigenvalue weighted by Crippen LogP contribution is 2.23. The lowest BCUT2D eigenvalue weighted by Crippen LogP contribution is -2.40. The van der Waals surface area contributed by atoms with Crippen molar-refractivity contribution in [2.24, 2.45) is 4.99 Å². The average Bonchev–Trinajstić information content (AvgIpc) is 3.34. The molecule has 132 valence electrons. The second-order valence-corrected chi connectivity index (χ2v) is 7.02. The summed E-state index contributed by atoms with van der Waals surface area (Å²) in [5.74, 6) is 1.48. The maximum atomic E-state index is 12.1. The number of benzene rings is 2. The average molecular weight is 365 g/mol. The van der Waals surface area contributed by atoms with Gasteiger partial charge in [-0.1, -0.05) is 36.0 Å². The summed E-state index contributed by atoms with van der Waals surface area (Å²) < 4.78 is 0. The molecular weight excluding hydrogens is 346 g/mol. The lowest BCUT2D eigenvalue weighted by molar-refractivity contribution is 0.0943. The number of aromatic amines is 1. The van der Waals surface area contributed by atoms with Crippen LogP contribution in [-0.4, -0.2) is 28.3 Å². The minimum Gasteiger partial charge on any atom is -0.333 e. The SMILES string of the molecule is O=C(NNC1=NCCC1)c1ccc(CSc2nc3ccccc3[nH]2)cc1. The van der Waals surface area contributed by atoms with Gasteiger partial charge >= 0.3 is 0 Å². The first kappa shape index (κ1) is 16.7. The van der Waals surface area contributed by atoms with Crippen LogP contribution in [0.15, 0.2) is 58.7 Å². The van der Waals surface area contributed by atoms with E-state index in [1.165, 1.54) is 0 Å². The fraction of sp³-hybridized carbons (Fsp3) is 0.211. The number of carbonyl (C=O) groups excluding carboxylic acids is 1. The van der Waals surface area contributed by atoms with Crippen LogP contribution in [0.1, 0.15) is 28.8 Å². The third kappa shape index (κ3) is 3.88. The Kier molecular flexibility index (Phi) is 4.88. The van der Waals surface area contributed by atoms with Gasteiger partial charge < -0.3 is 4.98 Å². The third-order valence-electron chi connectivity index (χ3n) is 4.15. The number of nitrogens with one attached hydrogen (secondary N) is 3. The van der Waals surface area contributed by atoms with Crippen molar-refractivity contribution in [3.63, 3.8) is 0 Å². The Morgan fingerprint density at radius 1 is 1.15 bits per heavy atom. The molecule has 0 saturated heterocycles. The van der Waals surface area contributed by atoms with E-state index >= 15 is 0 Å². The van der Waals surface area contributed by atoms with Gasteiger partial charge in [0.2, 0.25) is 0 Å². The summed E-state index contributed by atoms with van der Waals surface area (Å²) in [4.78, 5) is 24.3. The first-order chi connectivity index (χ1) is 12.8. The molecule has 3 aromatic rings. The molecule has 2 aromatic carbocycles. The molecule has 0 atom stereocenters. The molecular formula is C19H19N5OS. The number of amides is 1. The number of aliphatic imine (C=N–C) groups is 1. The Morgan fingerprint density at radius 2 is 2.00 bits per heavy atom. The smallest absolute Gasteiger partial charge is 0.269 e. The fourth-order valence-corrected chi connectivity index (χ4v) is 3.59. The minimum absolute atomic E-state index is 0.156. The van der Waals surface area contributed by atoms with Crippen molar-refractivity contribution < 1.29 is 4.79 Å². The number of H-pyrrole nitrogens is 1. The van der Waals surface area contributed by atoms with E-state index in [-0.39, 0.29) is 5.91 Å². The molecule has 0 saturated carbocycles. The van der Waals surface area contributed by atoms with E-state index in [0.29, 0.717) is 5.56 Å². The zero-order valence-corrected chi connectivity index (χ0v) is 15.0. The molecule has 0 unspecified atom stereocenters. The number of thioether (sulfide) groups is 1. The summed E-state index contributed by atoms with van der Waals surface area (Å²) in [6, 6.07) is 15.6. The highest BCUT2D eigenvalue weighted by Gasteiger charge is 2.09. The second-order valence-electron chi connectivity index (χ2n) is 6.06. The van der Waals surface area contributed by atoms with Crippen molar-refractivity contribution in [2.75, 3.05) is 6.54 Å². The molecule has 1 aliphatic rings. The summed E-state index contributed by atoms with van der Waals surface area (Å²) in [6.07, 6.45) is 1.92. The van der Waals surface area contributed by atoms with E-state index in [1.54, 1.807) is 11.8 Å². The van der Waals surface area contributed by atoms with Gasteiger partial charge in [-0.15, -0.1) is 0 Å². The Hall–Kier alpha value is -2.80.